The number of amides is 1. The number of methoxy groups -OCH3 is 1. The van der Waals surface area contributed by atoms with Crippen molar-refractivity contribution in [3.63, 3.8) is 0 Å². The highest BCUT2D eigenvalue weighted by Gasteiger charge is 2.77. The second kappa shape index (κ2) is 7.41. The van der Waals surface area contributed by atoms with Gasteiger partial charge in [0.15, 0.2) is 10.1 Å². The van der Waals surface area contributed by atoms with Crippen molar-refractivity contribution in [1.29, 1.82) is 0 Å². The molecule has 150 valence electrons. The zero-order chi connectivity index (χ0) is 20.7. The van der Waals surface area contributed by atoms with E-state index in [0.29, 0.717) is 6.42 Å². The van der Waals surface area contributed by atoms with Gasteiger partial charge in [0.1, 0.15) is 12.6 Å². The highest BCUT2D eigenvalue weighted by atomic mass is 35.5. The first-order valence-electron chi connectivity index (χ1n) is 8.80. The summed E-state index contributed by atoms with van der Waals surface area (Å²) in [6.07, 6.45) is 1.12. The van der Waals surface area contributed by atoms with E-state index in [1.807, 2.05) is 18.2 Å². The van der Waals surface area contributed by atoms with Crippen LogP contribution in [-0.4, -0.2) is 46.3 Å². The van der Waals surface area contributed by atoms with Gasteiger partial charge in [0.2, 0.25) is 0 Å². The Bertz CT molecular complexity index is 812. The molecular formula is C20H21Cl2NO5. The third-order valence-corrected chi connectivity index (χ3v) is 6.46. The van der Waals surface area contributed by atoms with E-state index in [9.17, 15) is 14.4 Å². The van der Waals surface area contributed by atoms with E-state index in [1.165, 1.54) is 12.0 Å². The van der Waals surface area contributed by atoms with Crippen LogP contribution in [0.15, 0.2) is 43.0 Å². The van der Waals surface area contributed by atoms with Gasteiger partial charge in [-0.2, -0.15) is 0 Å². The highest BCUT2D eigenvalue weighted by Crippen LogP contribution is 2.62. The van der Waals surface area contributed by atoms with Crippen LogP contribution >= 0.6 is 23.2 Å². The lowest BCUT2D eigenvalue weighted by atomic mass is 9.62. The van der Waals surface area contributed by atoms with E-state index in [-0.39, 0.29) is 6.61 Å². The molecular weight excluding hydrogens is 405 g/mol. The number of esters is 1. The Morgan fingerprint density at radius 1 is 1.29 bits per heavy atom. The van der Waals surface area contributed by atoms with Crippen molar-refractivity contribution < 1.29 is 23.9 Å². The minimum Gasteiger partial charge on any atom is -0.467 e. The van der Waals surface area contributed by atoms with E-state index < -0.39 is 45.6 Å². The van der Waals surface area contributed by atoms with Crippen molar-refractivity contribution in [3.05, 3.63) is 48.6 Å². The molecule has 1 saturated heterocycles. The van der Waals surface area contributed by atoms with E-state index in [2.05, 4.69) is 6.58 Å². The molecule has 2 fully saturated rings. The summed E-state index contributed by atoms with van der Waals surface area (Å²) in [5.74, 6) is -1.79. The number of alkyl halides is 2. The summed E-state index contributed by atoms with van der Waals surface area (Å²) < 4.78 is 8.54. The van der Waals surface area contributed by atoms with Crippen LogP contribution in [0.1, 0.15) is 18.9 Å². The molecule has 8 heteroatoms. The Morgan fingerprint density at radius 3 is 2.50 bits per heavy atom. The van der Waals surface area contributed by atoms with E-state index in [0.717, 1.165) is 5.56 Å². The van der Waals surface area contributed by atoms with Gasteiger partial charge in [0.25, 0.3) is 0 Å². The normalized spacial score (nSPS) is 30.2. The van der Waals surface area contributed by atoms with Gasteiger partial charge in [0.05, 0.1) is 19.1 Å². The van der Waals surface area contributed by atoms with Gasteiger partial charge in [-0.3, -0.25) is 9.69 Å². The van der Waals surface area contributed by atoms with Crippen LogP contribution in [0, 0.1) is 11.3 Å². The van der Waals surface area contributed by atoms with Crippen LogP contribution < -0.4 is 0 Å². The summed E-state index contributed by atoms with van der Waals surface area (Å²) in [4.78, 5) is 39.4. The van der Waals surface area contributed by atoms with Gasteiger partial charge in [-0.25, -0.2) is 9.59 Å². The minimum absolute atomic E-state index is 0.00510. The number of nitrogens with zero attached hydrogens (tertiary/aromatic N) is 1. The van der Waals surface area contributed by atoms with Crippen molar-refractivity contribution in [2.75, 3.05) is 7.11 Å². The monoisotopic (exact) mass is 425 g/mol. The Labute approximate surface area is 173 Å². The zero-order valence-corrected chi connectivity index (χ0v) is 17.1. The molecule has 0 aromatic heterocycles. The molecule has 28 heavy (non-hydrogen) atoms. The largest absolute Gasteiger partial charge is 0.467 e. The molecule has 6 nitrogen and oxygen atoms in total. The number of benzene rings is 1. The van der Waals surface area contributed by atoms with Crippen LogP contribution in [-0.2, 0) is 25.7 Å². The summed E-state index contributed by atoms with van der Waals surface area (Å²) in [6, 6.07) is 7.14. The zero-order valence-electron chi connectivity index (χ0n) is 15.6. The number of hydrogen-bond donors (Lipinski definition) is 0. The number of rotatable bonds is 5. The molecule has 1 aliphatic heterocycles. The number of allylic oxidation sites excluding steroid dienone is 1. The third kappa shape index (κ3) is 2.99. The molecule has 1 saturated carbocycles. The van der Waals surface area contributed by atoms with E-state index >= 15 is 0 Å². The number of hydrogen-bond acceptors (Lipinski definition) is 5. The molecule has 0 N–H and O–H groups in total. The number of likely N-dealkylation sites (tertiary alicyclic amines) is 1. The summed E-state index contributed by atoms with van der Waals surface area (Å²) in [5, 5.41) is 0. The van der Waals surface area contributed by atoms with Crippen molar-refractivity contribution in [1.82, 2.24) is 4.90 Å². The second-order valence-corrected chi connectivity index (χ2v) is 8.67. The third-order valence-electron chi connectivity index (χ3n) is 5.64. The molecule has 1 aliphatic carbocycles. The predicted octanol–water partition coefficient (Wildman–Crippen LogP) is 3.50. The van der Waals surface area contributed by atoms with Crippen molar-refractivity contribution >= 4 is 41.0 Å². The van der Waals surface area contributed by atoms with E-state index in [1.54, 1.807) is 25.1 Å². The number of carbonyl (C=O) groups excluding carboxylic acids is 3. The van der Waals surface area contributed by atoms with Gasteiger partial charge in [-0.15, -0.1) is 6.58 Å². The molecule has 4 unspecified atom stereocenters. The van der Waals surface area contributed by atoms with Crippen molar-refractivity contribution in [2.24, 2.45) is 11.3 Å². The second-order valence-electron chi connectivity index (χ2n) is 7.28. The number of fused-ring (bicyclic) bond motifs is 1. The van der Waals surface area contributed by atoms with E-state index in [4.69, 9.17) is 32.7 Å². The minimum atomic E-state index is -1.80. The molecule has 2 aliphatic rings. The molecule has 1 amide bonds. The van der Waals surface area contributed by atoms with Crippen LogP contribution in [0.4, 0.5) is 4.79 Å². The van der Waals surface area contributed by atoms with Gasteiger partial charge in [0, 0.05) is 5.41 Å². The average Bonchev–Trinajstić information content (AvgIpc) is 2.94. The maximum absolute atomic E-state index is 13.0. The van der Waals surface area contributed by atoms with Crippen LogP contribution in [0.3, 0.4) is 0 Å². The summed E-state index contributed by atoms with van der Waals surface area (Å²) in [7, 11) is 1.22. The fraction of sp³-hybridized carbons (Fsp3) is 0.450. The smallest absolute Gasteiger partial charge is 0.411 e. The number of ether oxygens (including phenoxy) is 2. The Morgan fingerprint density at radius 2 is 1.93 bits per heavy atom. The summed E-state index contributed by atoms with van der Waals surface area (Å²) in [5.41, 5.74) is -0.168. The highest BCUT2D eigenvalue weighted by molar-refractivity contribution is 6.61. The summed E-state index contributed by atoms with van der Waals surface area (Å²) in [6.45, 7) is 5.46. The molecule has 0 bridgehead atoms. The van der Waals surface area contributed by atoms with Gasteiger partial charge < -0.3 is 9.47 Å². The molecule has 0 radical (unpaired) electrons. The number of halogens is 2. The first-order valence-corrected chi connectivity index (χ1v) is 9.55. The topological polar surface area (TPSA) is 72.9 Å². The van der Waals surface area contributed by atoms with Gasteiger partial charge in [-0.05, 0) is 12.0 Å². The molecule has 4 atom stereocenters. The average molecular weight is 426 g/mol. The molecule has 3 rings (SSSR count). The number of carbonyl (C=O) groups is 3. The lowest BCUT2D eigenvalue weighted by Gasteiger charge is -2.47. The first-order chi connectivity index (χ1) is 13.2. The van der Waals surface area contributed by atoms with Gasteiger partial charge in [-0.1, -0.05) is 66.5 Å². The van der Waals surface area contributed by atoms with Crippen molar-refractivity contribution in [3.8, 4) is 0 Å². The molecule has 1 aromatic rings. The van der Waals surface area contributed by atoms with Gasteiger partial charge >= 0.3 is 12.1 Å². The fourth-order valence-corrected chi connectivity index (χ4v) is 5.01. The van der Waals surface area contributed by atoms with Crippen LogP contribution in [0.25, 0.3) is 0 Å². The van der Waals surface area contributed by atoms with Crippen molar-refractivity contribution in [2.45, 2.75) is 36.4 Å². The number of ketones is 1. The Hall–Kier alpha value is -2.05. The molecule has 1 heterocycles. The maximum Gasteiger partial charge on any atom is 0.411 e. The molecule has 1 aromatic carbocycles. The van der Waals surface area contributed by atoms with Crippen LogP contribution in [0.2, 0.25) is 0 Å². The standard InChI is InChI=1S/C20H21Cl2NO5/c1-4-10-19(2)13-14(20(21,22)16(13)24)23(15(19)17(25)27-3)18(26)28-11-12-8-6-5-7-9-12/h4-9,13-15H,1,10-11H2,2-3H3. The fourth-order valence-electron chi connectivity index (χ4n) is 4.31. The SMILES string of the molecule is C=CCC1(C)C2C(=O)C(Cl)(Cl)C2N(C(=O)OCc2ccccc2)C1C(=O)OC. The predicted molar refractivity (Wildman–Crippen MR) is 104 cm³/mol. The molecule has 0 spiro atoms. The number of Topliss-reactive ketones (excluding diaryl/α,β-unsaturated/α-hetero) is 1. The quantitative estimate of drug-likeness (QED) is 0.410. The Balaban J connectivity index is 1.95. The first kappa shape index (κ1) is 20.7. The maximum atomic E-state index is 13.0. The summed E-state index contributed by atoms with van der Waals surface area (Å²) >= 11 is 12.5. The lowest BCUT2D eigenvalue weighted by Crippen LogP contribution is -2.66. The van der Waals surface area contributed by atoms with Crippen LogP contribution in [0.5, 0.6) is 0 Å². The lowest BCUT2D eigenvalue weighted by molar-refractivity contribution is -0.149. The Kier molecular flexibility index (Phi) is 5.47.